The van der Waals surface area contributed by atoms with Crippen LogP contribution in [0.25, 0.3) is 0 Å². The van der Waals surface area contributed by atoms with Crippen LogP contribution in [0.2, 0.25) is 5.02 Å². The topological polar surface area (TPSA) is 54.4 Å². The SMILES string of the molecule is Cc1cc(C(=O)/C=C/C(=O)O)c(Cl)cc1F. The van der Waals surface area contributed by atoms with Crippen LogP contribution in [0.5, 0.6) is 0 Å². The van der Waals surface area contributed by atoms with Crippen LogP contribution in [0.1, 0.15) is 15.9 Å². The van der Waals surface area contributed by atoms with Crippen molar-refractivity contribution in [1.29, 1.82) is 0 Å². The quantitative estimate of drug-likeness (QED) is 0.655. The van der Waals surface area contributed by atoms with Crippen LogP contribution in [-0.4, -0.2) is 16.9 Å². The molecule has 0 radical (unpaired) electrons. The summed E-state index contributed by atoms with van der Waals surface area (Å²) >= 11 is 5.67. The molecule has 0 bridgehead atoms. The first-order valence-corrected chi connectivity index (χ1v) is 4.70. The molecule has 3 nitrogen and oxygen atoms in total. The average molecular weight is 243 g/mol. The minimum atomic E-state index is -1.23. The maximum Gasteiger partial charge on any atom is 0.328 e. The van der Waals surface area contributed by atoms with Crippen LogP contribution in [0.4, 0.5) is 4.39 Å². The molecular weight excluding hydrogens is 235 g/mol. The Morgan fingerprint density at radius 2 is 2.00 bits per heavy atom. The van der Waals surface area contributed by atoms with E-state index in [1.54, 1.807) is 0 Å². The second-order valence-electron chi connectivity index (χ2n) is 3.12. The summed E-state index contributed by atoms with van der Waals surface area (Å²) in [6.07, 6.45) is 1.58. The van der Waals surface area contributed by atoms with E-state index in [0.29, 0.717) is 6.08 Å². The van der Waals surface area contributed by atoms with Crippen molar-refractivity contribution < 1.29 is 19.1 Å². The number of carbonyl (C=O) groups is 2. The van der Waals surface area contributed by atoms with Crippen molar-refractivity contribution in [3.63, 3.8) is 0 Å². The van der Waals surface area contributed by atoms with Crippen molar-refractivity contribution in [2.75, 3.05) is 0 Å². The van der Waals surface area contributed by atoms with Gasteiger partial charge in [-0.25, -0.2) is 9.18 Å². The van der Waals surface area contributed by atoms with E-state index in [0.717, 1.165) is 12.1 Å². The van der Waals surface area contributed by atoms with Crippen molar-refractivity contribution in [2.24, 2.45) is 0 Å². The summed E-state index contributed by atoms with van der Waals surface area (Å²) in [5, 5.41) is 8.31. The van der Waals surface area contributed by atoms with E-state index in [4.69, 9.17) is 16.7 Å². The van der Waals surface area contributed by atoms with Crippen molar-refractivity contribution in [3.8, 4) is 0 Å². The monoisotopic (exact) mass is 242 g/mol. The molecule has 1 aromatic rings. The van der Waals surface area contributed by atoms with Crippen LogP contribution >= 0.6 is 11.6 Å². The van der Waals surface area contributed by atoms with Crippen LogP contribution in [0, 0.1) is 12.7 Å². The molecule has 0 saturated heterocycles. The molecule has 0 aliphatic rings. The Labute approximate surface area is 96.2 Å². The van der Waals surface area contributed by atoms with Crippen LogP contribution in [0.15, 0.2) is 24.3 Å². The highest BCUT2D eigenvalue weighted by Crippen LogP contribution is 2.21. The zero-order chi connectivity index (χ0) is 12.3. The Kier molecular flexibility index (Phi) is 3.79. The molecule has 0 heterocycles. The van der Waals surface area contributed by atoms with Gasteiger partial charge in [-0.05, 0) is 30.7 Å². The van der Waals surface area contributed by atoms with Gasteiger partial charge in [0, 0.05) is 11.6 Å². The summed E-state index contributed by atoms with van der Waals surface area (Å²) in [4.78, 5) is 21.7. The fraction of sp³-hybridized carbons (Fsp3) is 0.0909. The zero-order valence-corrected chi connectivity index (χ0v) is 9.08. The third-order valence-corrected chi connectivity index (χ3v) is 2.20. The molecule has 0 saturated carbocycles. The number of rotatable bonds is 3. The van der Waals surface area contributed by atoms with Gasteiger partial charge in [0.15, 0.2) is 5.78 Å². The van der Waals surface area contributed by atoms with Crippen molar-refractivity contribution in [1.82, 2.24) is 0 Å². The van der Waals surface area contributed by atoms with Crippen LogP contribution in [-0.2, 0) is 4.79 Å². The Hall–Kier alpha value is -1.68. The number of carboxylic acids is 1. The lowest BCUT2D eigenvalue weighted by Crippen LogP contribution is -1.99. The van der Waals surface area contributed by atoms with Crippen molar-refractivity contribution in [2.45, 2.75) is 6.92 Å². The first-order chi connectivity index (χ1) is 7.41. The van der Waals surface area contributed by atoms with Gasteiger partial charge in [0.25, 0.3) is 0 Å². The van der Waals surface area contributed by atoms with Gasteiger partial charge in [-0.1, -0.05) is 11.6 Å². The minimum Gasteiger partial charge on any atom is -0.478 e. The lowest BCUT2D eigenvalue weighted by atomic mass is 10.1. The van der Waals surface area contributed by atoms with Gasteiger partial charge in [-0.15, -0.1) is 0 Å². The number of allylic oxidation sites excluding steroid dienone is 1. The number of carboxylic acid groups (broad SMARTS) is 1. The Morgan fingerprint density at radius 3 is 2.56 bits per heavy atom. The first kappa shape index (κ1) is 12.4. The summed E-state index contributed by atoms with van der Waals surface area (Å²) in [5.74, 6) is -2.32. The number of hydrogen-bond acceptors (Lipinski definition) is 2. The van der Waals surface area contributed by atoms with E-state index in [2.05, 4.69) is 0 Å². The second-order valence-corrected chi connectivity index (χ2v) is 3.52. The predicted molar refractivity (Wildman–Crippen MR) is 57.3 cm³/mol. The highest BCUT2D eigenvalue weighted by Gasteiger charge is 2.11. The molecule has 0 unspecified atom stereocenters. The maximum atomic E-state index is 13.0. The minimum absolute atomic E-state index is 0.0388. The summed E-state index contributed by atoms with van der Waals surface area (Å²) in [7, 11) is 0. The van der Waals surface area contributed by atoms with Gasteiger partial charge in [-0.3, -0.25) is 4.79 Å². The third kappa shape index (κ3) is 2.90. The van der Waals surface area contributed by atoms with E-state index in [1.807, 2.05) is 0 Å². The molecule has 1 aromatic carbocycles. The fourth-order valence-corrected chi connectivity index (χ4v) is 1.33. The molecule has 0 atom stereocenters. The molecule has 0 fully saturated rings. The smallest absolute Gasteiger partial charge is 0.328 e. The normalized spacial score (nSPS) is 10.7. The first-order valence-electron chi connectivity index (χ1n) is 4.33. The molecule has 5 heteroatoms. The summed E-state index contributed by atoms with van der Waals surface area (Å²) in [6.45, 7) is 1.49. The summed E-state index contributed by atoms with van der Waals surface area (Å²) < 4.78 is 13.0. The van der Waals surface area contributed by atoms with Gasteiger partial charge in [0.1, 0.15) is 5.82 Å². The number of aryl methyl sites for hydroxylation is 1. The maximum absolute atomic E-state index is 13.0. The Bertz CT molecular complexity index is 480. The van der Waals surface area contributed by atoms with E-state index >= 15 is 0 Å². The van der Waals surface area contributed by atoms with Gasteiger partial charge >= 0.3 is 5.97 Å². The average Bonchev–Trinajstić information content (AvgIpc) is 2.20. The molecule has 0 aliphatic heterocycles. The second kappa shape index (κ2) is 4.90. The van der Waals surface area contributed by atoms with E-state index in [-0.39, 0.29) is 16.1 Å². The molecule has 0 aliphatic carbocycles. The van der Waals surface area contributed by atoms with Crippen molar-refractivity contribution in [3.05, 3.63) is 46.3 Å². The molecule has 0 spiro atoms. The third-order valence-electron chi connectivity index (χ3n) is 1.89. The molecule has 1 rings (SSSR count). The van der Waals surface area contributed by atoms with Gasteiger partial charge in [0.05, 0.1) is 5.02 Å². The lowest BCUT2D eigenvalue weighted by Gasteiger charge is -2.02. The van der Waals surface area contributed by atoms with Crippen LogP contribution < -0.4 is 0 Å². The summed E-state index contributed by atoms with van der Waals surface area (Å²) in [5.41, 5.74) is 0.356. The number of ketones is 1. The number of hydrogen-bond donors (Lipinski definition) is 1. The number of halogens is 2. The highest BCUT2D eigenvalue weighted by molar-refractivity contribution is 6.34. The van der Waals surface area contributed by atoms with E-state index in [1.165, 1.54) is 13.0 Å². The molecule has 84 valence electrons. The Balaban J connectivity index is 3.09. The number of carbonyl (C=O) groups excluding carboxylic acids is 1. The molecule has 0 amide bonds. The zero-order valence-electron chi connectivity index (χ0n) is 8.33. The highest BCUT2D eigenvalue weighted by atomic mass is 35.5. The van der Waals surface area contributed by atoms with Crippen LogP contribution in [0.3, 0.4) is 0 Å². The standard InChI is InChI=1S/C11H8ClFO3/c1-6-4-7(8(12)5-9(6)13)10(14)2-3-11(15)16/h2-5H,1H3,(H,15,16)/b3-2+. The molecule has 1 N–H and O–H groups in total. The van der Waals surface area contributed by atoms with E-state index in [9.17, 15) is 14.0 Å². The number of aliphatic carboxylic acids is 1. The Morgan fingerprint density at radius 1 is 1.38 bits per heavy atom. The van der Waals surface area contributed by atoms with Crippen molar-refractivity contribution >= 4 is 23.4 Å². The molecule has 16 heavy (non-hydrogen) atoms. The van der Waals surface area contributed by atoms with E-state index < -0.39 is 17.6 Å². The van der Waals surface area contributed by atoms with Gasteiger partial charge in [-0.2, -0.15) is 0 Å². The fourth-order valence-electron chi connectivity index (χ4n) is 1.08. The van der Waals surface area contributed by atoms with Gasteiger partial charge < -0.3 is 5.11 Å². The predicted octanol–water partition coefficient (Wildman–Crippen LogP) is 2.61. The lowest BCUT2D eigenvalue weighted by molar-refractivity contribution is -0.131. The molecular formula is C11H8ClFO3. The largest absolute Gasteiger partial charge is 0.478 e. The molecule has 0 aromatic heterocycles. The number of benzene rings is 1. The van der Waals surface area contributed by atoms with Gasteiger partial charge in [0.2, 0.25) is 0 Å². The summed E-state index contributed by atoms with van der Waals surface area (Å²) in [6, 6.07) is 2.31.